The molecule has 0 saturated heterocycles. The highest BCUT2D eigenvalue weighted by molar-refractivity contribution is 7.71. The highest BCUT2D eigenvalue weighted by Gasteiger charge is 2.08. The second kappa shape index (κ2) is 7.27. The van der Waals surface area contributed by atoms with Crippen LogP contribution in [-0.2, 0) is 13.2 Å². The molecule has 24 heavy (non-hydrogen) atoms. The monoisotopic (exact) mass is 345 g/mol. The molecule has 5 nitrogen and oxygen atoms in total. The van der Waals surface area contributed by atoms with Crippen LogP contribution in [-0.4, -0.2) is 21.9 Å². The van der Waals surface area contributed by atoms with Crippen LogP contribution in [0.15, 0.2) is 48.5 Å². The fourth-order valence-corrected chi connectivity index (χ4v) is 2.43. The lowest BCUT2D eigenvalue weighted by Crippen LogP contribution is -2.08. The molecule has 0 aliphatic carbocycles. The summed E-state index contributed by atoms with van der Waals surface area (Å²) in [6.45, 7) is 0.802. The zero-order valence-electron chi connectivity index (χ0n) is 13.0. The van der Waals surface area contributed by atoms with Crippen molar-refractivity contribution in [1.82, 2.24) is 14.8 Å². The summed E-state index contributed by atoms with van der Waals surface area (Å²) in [6, 6.07) is 13.6. The van der Waals surface area contributed by atoms with E-state index in [1.54, 1.807) is 19.2 Å². The quantitative estimate of drug-likeness (QED) is 0.692. The number of halogens is 1. The van der Waals surface area contributed by atoms with E-state index in [2.05, 4.69) is 10.2 Å². The van der Waals surface area contributed by atoms with Crippen molar-refractivity contribution in [2.75, 3.05) is 7.11 Å². The van der Waals surface area contributed by atoms with Gasteiger partial charge in [0, 0.05) is 0 Å². The molecule has 0 aliphatic heterocycles. The molecule has 7 heteroatoms. The van der Waals surface area contributed by atoms with E-state index in [-0.39, 0.29) is 12.4 Å². The van der Waals surface area contributed by atoms with Gasteiger partial charge in [0.05, 0.1) is 13.7 Å². The predicted octanol–water partition coefficient (Wildman–Crippen LogP) is 3.72. The number of nitrogens with one attached hydrogen (secondary N) is 1. The Morgan fingerprint density at radius 2 is 1.75 bits per heavy atom. The molecule has 0 spiro atoms. The summed E-state index contributed by atoms with van der Waals surface area (Å²) in [7, 11) is 1.63. The first kappa shape index (κ1) is 16.2. The van der Waals surface area contributed by atoms with Gasteiger partial charge in [-0.15, -0.1) is 0 Å². The first-order chi connectivity index (χ1) is 11.7. The van der Waals surface area contributed by atoms with E-state index in [0.29, 0.717) is 22.9 Å². The van der Waals surface area contributed by atoms with Crippen molar-refractivity contribution in [3.8, 4) is 11.5 Å². The van der Waals surface area contributed by atoms with Crippen LogP contribution in [0.1, 0.15) is 11.4 Å². The van der Waals surface area contributed by atoms with Crippen molar-refractivity contribution in [1.29, 1.82) is 0 Å². The SMILES string of the molecule is COc1ccc(Cn2c(COc3ccc(F)cc3)n[nH]c2=S)cc1. The molecule has 0 atom stereocenters. The zero-order chi connectivity index (χ0) is 16.9. The number of hydrogen-bond donors (Lipinski definition) is 1. The normalized spacial score (nSPS) is 10.6. The van der Waals surface area contributed by atoms with Gasteiger partial charge in [-0.25, -0.2) is 4.39 Å². The third-order valence-electron chi connectivity index (χ3n) is 3.52. The number of nitrogens with zero attached hydrogens (tertiary/aromatic N) is 2. The average Bonchev–Trinajstić information content (AvgIpc) is 2.95. The van der Waals surface area contributed by atoms with Crippen LogP contribution in [0.3, 0.4) is 0 Å². The fourth-order valence-electron chi connectivity index (χ4n) is 2.22. The van der Waals surface area contributed by atoms with Gasteiger partial charge in [0.15, 0.2) is 10.6 Å². The van der Waals surface area contributed by atoms with Gasteiger partial charge >= 0.3 is 0 Å². The molecule has 1 aromatic heterocycles. The second-order valence-electron chi connectivity index (χ2n) is 5.12. The minimum absolute atomic E-state index is 0.231. The lowest BCUT2D eigenvalue weighted by atomic mass is 10.2. The summed E-state index contributed by atoms with van der Waals surface area (Å²) in [6.07, 6.45) is 0. The molecule has 0 bridgehead atoms. The number of aromatic nitrogens is 3. The largest absolute Gasteiger partial charge is 0.497 e. The minimum Gasteiger partial charge on any atom is -0.497 e. The topological polar surface area (TPSA) is 52.1 Å². The number of rotatable bonds is 6. The van der Waals surface area contributed by atoms with Crippen LogP contribution < -0.4 is 9.47 Å². The van der Waals surface area contributed by atoms with E-state index >= 15 is 0 Å². The molecule has 3 rings (SSSR count). The van der Waals surface area contributed by atoms with E-state index in [0.717, 1.165) is 11.3 Å². The molecule has 0 amide bonds. The Labute approximate surface area is 143 Å². The molecule has 3 aromatic rings. The first-order valence-electron chi connectivity index (χ1n) is 7.31. The molecule has 0 fully saturated rings. The Balaban J connectivity index is 1.73. The van der Waals surface area contributed by atoms with E-state index in [9.17, 15) is 4.39 Å². The van der Waals surface area contributed by atoms with Gasteiger partial charge in [-0.3, -0.25) is 9.67 Å². The summed E-state index contributed by atoms with van der Waals surface area (Å²) in [5, 5.41) is 6.98. The molecule has 124 valence electrons. The number of ether oxygens (including phenoxy) is 2. The molecular weight excluding hydrogens is 329 g/mol. The van der Waals surface area contributed by atoms with Gasteiger partial charge < -0.3 is 9.47 Å². The number of H-pyrrole nitrogens is 1. The Morgan fingerprint density at radius 3 is 2.42 bits per heavy atom. The number of methoxy groups -OCH3 is 1. The van der Waals surface area contributed by atoms with E-state index in [1.807, 2.05) is 28.8 Å². The summed E-state index contributed by atoms with van der Waals surface area (Å²) in [4.78, 5) is 0. The molecule has 0 radical (unpaired) electrons. The van der Waals surface area contributed by atoms with Crippen molar-refractivity contribution in [3.63, 3.8) is 0 Å². The Morgan fingerprint density at radius 1 is 1.08 bits per heavy atom. The maximum Gasteiger partial charge on any atom is 0.195 e. The molecule has 0 unspecified atom stereocenters. The number of hydrogen-bond acceptors (Lipinski definition) is 4. The Hall–Kier alpha value is -2.67. The molecule has 0 aliphatic rings. The molecule has 2 aromatic carbocycles. The summed E-state index contributed by atoms with van der Waals surface area (Å²) in [5.41, 5.74) is 1.07. The van der Waals surface area contributed by atoms with Crippen LogP contribution in [0, 0.1) is 10.6 Å². The number of benzene rings is 2. The Kier molecular flexibility index (Phi) is 4.90. The minimum atomic E-state index is -0.301. The van der Waals surface area contributed by atoms with E-state index in [4.69, 9.17) is 21.7 Å². The fraction of sp³-hybridized carbons (Fsp3) is 0.176. The van der Waals surface area contributed by atoms with Crippen LogP contribution in [0.4, 0.5) is 4.39 Å². The van der Waals surface area contributed by atoms with Gasteiger partial charge in [0.2, 0.25) is 0 Å². The Bertz CT molecular complexity index is 857. The van der Waals surface area contributed by atoms with Crippen molar-refractivity contribution < 1.29 is 13.9 Å². The van der Waals surface area contributed by atoms with Crippen LogP contribution in [0.5, 0.6) is 11.5 Å². The van der Waals surface area contributed by atoms with E-state index in [1.165, 1.54) is 12.1 Å². The highest BCUT2D eigenvalue weighted by Crippen LogP contribution is 2.15. The van der Waals surface area contributed by atoms with Crippen LogP contribution in [0.25, 0.3) is 0 Å². The highest BCUT2D eigenvalue weighted by atomic mass is 32.1. The third kappa shape index (κ3) is 3.80. The number of aromatic amines is 1. The lowest BCUT2D eigenvalue weighted by molar-refractivity contribution is 0.289. The van der Waals surface area contributed by atoms with Gasteiger partial charge in [-0.2, -0.15) is 5.10 Å². The van der Waals surface area contributed by atoms with Gasteiger partial charge in [0.25, 0.3) is 0 Å². The zero-order valence-corrected chi connectivity index (χ0v) is 13.8. The molecular formula is C17H16FN3O2S. The smallest absolute Gasteiger partial charge is 0.195 e. The van der Waals surface area contributed by atoms with Crippen molar-refractivity contribution >= 4 is 12.2 Å². The van der Waals surface area contributed by atoms with E-state index < -0.39 is 0 Å². The third-order valence-corrected chi connectivity index (χ3v) is 3.83. The average molecular weight is 345 g/mol. The van der Waals surface area contributed by atoms with Crippen molar-refractivity contribution in [2.24, 2.45) is 0 Å². The van der Waals surface area contributed by atoms with Gasteiger partial charge in [-0.1, -0.05) is 12.1 Å². The summed E-state index contributed by atoms with van der Waals surface area (Å²) < 4.78 is 26.1. The standard InChI is InChI=1S/C17H16FN3O2S/c1-22-14-6-2-12(3-7-14)10-21-16(19-20-17(21)24)11-23-15-8-4-13(18)5-9-15/h2-9H,10-11H2,1H3,(H,20,24). The van der Waals surface area contributed by atoms with Crippen LogP contribution in [0.2, 0.25) is 0 Å². The lowest BCUT2D eigenvalue weighted by Gasteiger charge is -2.09. The molecule has 0 saturated carbocycles. The van der Waals surface area contributed by atoms with Crippen molar-refractivity contribution in [2.45, 2.75) is 13.2 Å². The summed E-state index contributed by atoms with van der Waals surface area (Å²) >= 11 is 5.28. The van der Waals surface area contributed by atoms with Crippen LogP contribution >= 0.6 is 12.2 Å². The second-order valence-corrected chi connectivity index (χ2v) is 5.51. The molecule has 1 heterocycles. The first-order valence-corrected chi connectivity index (χ1v) is 7.72. The summed E-state index contributed by atoms with van der Waals surface area (Å²) in [5.74, 6) is 1.74. The predicted molar refractivity (Wildman–Crippen MR) is 90.2 cm³/mol. The van der Waals surface area contributed by atoms with Gasteiger partial charge in [-0.05, 0) is 54.2 Å². The van der Waals surface area contributed by atoms with Gasteiger partial charge in [0.1, 0.15) is 23.9 Å². The molecule has 1 N–H and O–H groups in total. The maximum atomic E-state index is 12.9. The van der Waals surface area contributed by atoms with Crippen molar-refractivity contribution in [3.05, 3.63) is 70.5 Å². The maximum absolute atomic E-state index is 12.9.